The van der Waals surface area contributed by atoms with Gasteiger partial charge in [0.15, 0.2) is 5.78 Å². The zero-order valence-corrected chi connectivity index (χ0v) is 12.3. The number of Topliss-reactive ketones (excluding diaryl/α,β-unsaturated/α-hetero) is 1. The summed E-state index contributed by atoms with van der Waals surface area (Å²) in [4.78, 5) is 24.9. The Labute approximate surface area is 117 Å². The van der Waals surface area contributed by atoms with Gasteiger partial charge in [-0.2, -0.15) is 0 Å². The Hall–Kier alpha value is -1.42. The van der Waals surface area contributed by atoms with Crippen molar-refractivity contribution in [3.05, 3.63) is 33.5 Å². The van der Waals surface area contributed by atoms with Crippen molar-refractivity contribution in [3.8, 4) is 0 Å². The van der Waals surface area contributed by atoms with Crippen LogP contribution in [0, 0.1) is 0 Å². The third kappa shape index (κ3) is 3.53. The first kappa shape index (κ1) is 14.0. The van der Waals surface area contributed by atoms with E-state index in [1.54, 1.807) is 17.4 Å². The molecule has 0 saturated carbocycles. The monoisotopic (exact) mass is 278 g/mol. The molecule has 0 aliphatic heterocycles. The zero-order valence-electron chi connectivity index (χ0n) is 11.5. The number of rotatable bonds is 2. The summed E-state index contributed by atoms with van der Waals surface area (Å²) in [5.74, 6) is -0.227. The molecule has 0 N–H and O–H groups in total. The third-order valence-electron chi connectivity index (χ3n) is 2.84. The largest absolute Gasteiger partial charge is 0.460 e. The van der Waals surface area contributed by atoms with Crippen LogP contribution in [0.5, 0.6) is 0 Å². The highest BCUT2D eigenvalue weighted by molar-refractivity contribution is 7.10. The van der Waals surface area contributed by atoms with Crippen LogP contribution in [0.2, 0.25) is 0 Å². The molecule has 0 fully saturated rings. The molecule has 0 radical (unpaired) electrons. The van der Waals surface area contributed by atoms with Crippen molar-refractivity contribution in [1.29, 1.82) is 0 Å². The molecule has 1 heterocycles. The van der Waals surface area contributed by atoms with Gasteiger partial charge < -0.3 is 4.74 Å². The molecule has 1 aliphatic carbocycles. The highest BCUT2D eigenvalue weighted by Gasteiger charge is 2.23. The van der Waals surface area contributed by atoms with Crippen LogP contribution in [0.15, 0.2) is 23.1 Å². The van der Waals surface area contributed by atoms with Crippen molar-refractivity contribution in [2.24, 2.45) is 0 Å². The number of hydrogen-bond donors (Lipinski definition) is 0. The van der Waals surface area contributed by atoms with Crippen LogP contribution in [-0.4, -0.2) is 17.4 Å². The van der Waals surface area contributed by atoms with Gasteiger partial charge in [0.25, 0.3) is 0 Å². The van der Waals surface area contributed by atoms with Crippen molar-refractivity contribution in [1.82, 2.24) is 0 Å². The molecular weight excluding hydrogens is 260 g/mol. The predicted molar refractivity (Wildman–Crippen MR) is 75.5 cm³/mol. The number of fused-ring (bicyclic) bond motifs is 1. The molecule has 3 nitrogen and oxygen atoms in total. The van der Waals surface area contributed by atoms with Gasteiger partial charge in [0.2, 0.25) is 0 Å². The highest BCUT2D eigenvalue weighted by Crippen LogP contribution is 2.29. The first-order chi connectivity index (χ1) is 8.87. The Bertz CT molecular complexity index is 532. The van der Waals surface area contributed by atoms with Crippen LogP contribution >= 0.6 is 11.3 Å². The smallest absolute Gasteiger partial charge is 0.310 e. The standard InChI is InChI=1S/C15H18O3S/c1-15(2,3)18-13(16)7-5-10-4-6-12-11(14(10)17)8-9-19-12/h5,8-9H,4,6-7H2,1-3H3/b10-5-. The van der Waals surface area contributed by atoms with Crippen LogP contribution in [0.1, 0.15) is 48.8 Å². The second-order valence-electron chi connectivity index (χ2n) is 5.61. The van der Waals surface area contributed by atoms with E-state index in [9.17, 15) is 9.59 Å². The van der Waals surface area contributed by atoms with Crippen LogP contribution in [-0.2, 0) is 16.0 Å². The minimum atomic E-state index is -0.479. The van der Waals surface area contributed by atoms with Crippen LogP contribution < -0.4 is 0 Å². The minimum absolute atomic E-state index is 0.0612. The number of carbonyl (C=O) groups excluding carboxylic acids is 2. The van der Waals surface area contributed by atoms with E-state index in [4.69, 9.17) is 4.74 Å². The Morgan fingerprint density at radius 3 is 2.84 bits per heavy atom. The molecule has 0 aromatic carbocycles. The van der Waals surface area contributed by atoms with Gasteiger partial charge in [0.05, 0.1) is 6.42 Å². The third-order valence-corrected chi connectivity index (χ3v) is 3.82. The molecule has 0 spiro atoms. The quantitative estimate of drug-likeness (QED) is 0.614. The fourth-order valence-corrected chi connectivity index (χ4v) is 2.93. The van der Waals surface area contributed by atoms with E-state index in [1.807, 2.05) is 32.2 Å². The molecule has 102 valence electrons. The van der Waals surface area contributed by atoms with Crippen molar-refractivity contribution < 1.29 is 14.3 Å². The molecule has 0 unspecified atom stereocenters. The summed E-state index contributed by atoms with van der Waals surface area (Å²) in [6.45, 7) is 5.50. The van der Waals surface area contributed by atoms with E-state index in [-0.39, 0.29) is 18.2 Å². The molecule has 19 heavy (non-hydrogen) atoms. The fraction of sp³-hybridized carbons (Fsp3) is 0.467. The van der Waals surface area contributed by atoms with Gasteiger partial charge in [-0.25, -0.2) is 0 Å². The summed E-state index contributed by atoms with van der Waals surface area (Å²) in [5.41, 5.74) is 1.05. The Balaban J connectivity index is 2.02. The van der Waals surface area contributed by atoms with Gasteiger partial charge in [0, 0.05) is 10.4 Å². The summed E-state index contributed by atoms with van der Waals surface area (Å²) in [6.07, 6.45) is 3.49. The lowest BCUT2D eigenvalue weighted by Crippen LogP contribution is -2.23. The zero-order chi connectivity index (χ0) is 14.0. The summed E-state index contributed by atoms with van der Waals surface area (Å²) in [7, 11) is 0. The van der Waals surface area contributed by atoms with Crippen molar-refractivity contribution in [3.63, 3.8) is 0 Å². The number of ketones is 1. The first-order valence-electron chi connectivity index (χ1n) is 6.39. The molecule has 0 amide bonds. The van der Waals surface area contributed by atoms with Crippen LogP contribution in [0.25, 0.3) is 0 Å². The number of thiophene rings is 1. The highest BCUT2D eigenvalue weighted by atomic mass is 32.1. The van der Waals surface area contributed by atoms with Gasteiger partial charge in [-0.1, -0.05) is 6.08 Å². The molecule has 0 bridgehead atoms. The average molecular weight is 278 g/mol. The van der Waals surface area contributed by atoms with Gasteiger partial charge >= 0.3 is 5.97 Å². The van der Waals surface area contributed by atoms with E-state index in [0.717, 1.165) is 28.9 Å². The topological polar surface area (TPSA) is 43.4 Å². The lowest BCUT2D eigenvalue weighted by atomic mass is 9.92. The molecule has 1 aromatic heterocycles. The van der Waals surface area contributed by atoms with E-state index in [2.05, 4.69) is 0 Å². The van der Waals surface area contributed by atoms with Gasteiger partial charge in [0.1, 0.15) is 5.60 Å². The van der Waals surface area contributed by atoms with Gasteiger partial charge in [-0.3, -0.25) is 9.59 Å². The van der Waals surface area contributed by atoms with Crippen molar-refractivity contribution >= 4 is 23.1 Å². The fourth-order valence-electron chi connectivity index (χ4n) is 2.06. The summed E-state index contributed by atoms with van der Waals surface area (Å²) in [5, 5.41) is 1.94. The SMILES string of the molecule is CC(C)(C)OC(=O)C/C=C1/CCc2sccc2C1=O. The van der Waals surface area contributed by atoms with E-state index >= 15 is 0 Å². The van der Waals surface area contributed by atoms with Crippen LogP contribution in [0.3, 0.4) is 0 Å². The molecular formula is C15H18O3S. The number of hydrogen-bond acceptors (Lipinski definition) is 4. The lowest BCUT2D eigenvalue weighted by Gasteiger charge is -2.19. The van der Waals surface area contributed by atoms with Crippen LogP contribution in [0.4, 0.5) is 0 Å². The van der Waals surface area contributed by atoms with E-state index < -0.39 is 5.60 Å². The van der Waals surface area contributed by atoms with Gasteiger partial charge in [-0.05, 0) is 50.6 Å². The number of carbonyl (C=O) groups is 2. The molecule has 1 aromatic rings. The Morgan fingerprint density at radius 2 is 2.16 bits per heavy atom. The maximum absolute atomic E-state index is 12.2. The maximum Gasteiger partial charge on any atom is 0.310 e. The predicted octanol–water partition coefficient (Wildman–Crippen LogP) is 3.54. The average Bonchev–Trinajstić information content (AvgIpc) is 2.74. The van der Waals surface area contributed by atoms with Gasteiger partial charge in [-0.15, -0.1) is 11.3 Å². The normalized spacial score (nSPS) is 17.4. The first-order valence-corrected chi connectivity index (χ1v) is 7.27. The summed E-state index contributed by atoms with van der Waals surface area (Å²) < 4.78 is 5.23. The molecule has 4 heteroatoms. The number of allylic oxidation sites excluding steroid dienone is 1. The second kappa shape index (κ2) is 5.29. The minimum Gasteiger partial charge on any atom is -0.460 e. The maximum atomic E-state index is 12.2. The van der Waals surface area contributed by atoms with Crippen molar-refractivity contribution in [2.45, 2.75) is 45.6 Å². The lowest BCUT2D eigenvalue weighted by molar-refractivity contribution is -0.153. The van der Waals surface area contributed by atoms with E-state index in [1.165, 1.54) is 0 Å². The Kier molecular flexibility index (Phi) is 3.90. The number of ether oxygens (including phenoxy) is 1. The summed E-state index contributed by atoms with van der Waals surface area (Å²) in [6, 6.07) is 1.86. The molecule has 1 aliphatic rings. The van der Waals surface area contributed by atoms with Crippen molar-refractivity contribution in [2.75, 3.05) is 0 Å². The number of aryl methyl sites for hydroxylation is 1. The molecule has 2 rings (SSSR count). The molecule has 0 saturated heterocycles. The second-order valence-corrected chi connectivity index (χ2v) is 6.61. The molecule has 0 atom stereocenters. The summed E-state index contributed by atoms with van der Waals surface area (Å²) >= 11 is 1.62. The number of esters is 1. The van der Waals surface area contributed by atoms with E-state index in [0.29, 0.717) is 0 Å². The Morgan fingerprint density at radius 1 is 1.42 bits per heavy atom.